The number of hydrogen-bond acceptors (Lipinski definition) is 4. The number of nitrogens with one attached hydrogen (secondary N) is 1. The van der Waals surface area contributed by atoms with Gasteiger partial charge in [0.15, 0.2) is 0 Å². The highest BCUT2D eigenvalue weighted by Crippen LogP contribution is 2.36. The van der Waals surface area contributed by atoms with Crippen LogP contribution in [0.1, 0.15) is 33.3 Å². The second kappa shape index (κ2) is 5.93. The van der Waals surface area contributed by atoms with Crippen LogP contribution in [0.25, 0.3) is 0 Å². The quantitative estimate of drug-likeness (QED) is 0.843. The first kappa shape index (κ1) is 16.5. The van der Waals surface area contributed by atoms with Crippen molar-refractivity contribution >= 4 is 18.5 Å². The molecule has 0 bridgehead atoms. The van der Waals surface area contributed by atoms with Gasteiger partial charge in [-0.3, -0.25) is 9.69 Å². The Bertz CT molecular complexity index is 587. The lowest BCUT2D eigenvalue weighted by molar-refractivity contribution is -0.124. The van der Waals surface area contributed by atoms with Crippen LogP contribution in [0, 0.1) is 0 Å². The van der Waals surface area contributed by atoms with Crippen molar-refractivity contribution in [3.63, 3.8) is 0 Å². The molecule has 124 valence electrons. The van der Waals surface area contributed by atoms with E-state index in [1.54, 1.807) is 0 Å². The highest BCUT2D eigenvalue weighted by atomic mass is 16.7. The Hall–Kier alpha value is -1.37. The highest BCUT2D eigenvalue weighted by molar-refractivity contribution is 6.62. The minimum Gasteiger partial charge on any atom is -0.399 e. The highest BCUT2D eigenvalue weighted by Gasteiger charge is 2.51. The Morgan fingerprint density at radius 2 is 1.91 bits per heavy atom. The van der Waals surface area contributed by atoms with Crippen LogP contribution in [-0.2, 0) is 20.6 Å². The summed E-state index contributed by atoms with van der Waals surface area (Å²) in [6.07, 6.45) is 0. The Labute approximate surface area is 138 Å². The lowest BCUT2D eigenvalue weighted by Gasteiger charge is -2.32. The summed E-state index contributed by atoms with van der Waals surface area (Å²) in [4.78, 5) is 13.6. The van der Waals surface area contributed by atoms with Crippen LogP contribution in [0.5, 0.6) is 0 Å². The molecule has 1 aromatic carbocycles. The molecule has 6 heteroatoms. The molecule has 2 heterocycles. The van der Waals surface area contributed by atoms with Gasteiger partial charge >= 0.3 is 7.12 Å². The van der Waals surface area contributed by atoms with Crippen molar-refractivity contribution < 1.29 is 14.1 Å². The van der Waals surface area contributed by atoms with Gasteiger partial charge in [0.2, 0.25) is 5.91 Å². The third kappa shape index (κ3) is 3.44. The first-order chi connectivity index (χ1) is 10.8. The first-order valence-corrected chi connectivity index (χ1v) is 8.20. The topological polar surface area (TPSA) is 50.8 Å². The summed E-state index contributed by atoms with van der Waals surface area (Å²) in [5.74, 6) is 0.0957. The normalized spacial score (nSPS) is 23.8. The molecule has 5 nitrogen and oxygen atoms in total. The van der Waals surface area contributed by atoms with Crippen LogP contribution in [0.15, 0.2) is 24.3 Å². The van der Waals surface area contributed by atoms with Gasteiger partial charge in [-0.05, 0) is 38.7 Å². The van der Waals surface area contributed by atoms with Crippen molar-refractivity contribution in [2.45, 2.75) is 45.4 Å². The van der Waals surface area contributed by atoms with Crippen LogP contribution >= 0.6 is 0 Å². The largest absolute Gasteiger partial charge is 0.494 e. The zero-order valence-electron chi connectivity index (χ0n) is 14.4. The van der Waals surface area contributed by atoms with Crippen LogP contribution in [0.3, 0.4) is 0 Å². The molecule has 2 aliphatic heterocycles. The lowest BCUT2D eigenvalue weighted by Crippen LogP contribution is -2.47. The summed E-state index contributed by atoms with van der Waals surface area (Å²) in [7, 11) is -0.343. The standard InChI is InChI=1S/C17H25BN2O3/c1-16(2)17(3,4)23-18(22-16)14-7-5-6-13(10-14)11-20-9-8-19-15(21)12-20/h5-7,10H,8-9,11-12H2,1-4H3,(H,19,21). The minimum atomic E-state index is -0.343. The average Bonchev–Trinajstić information content (AvgIpc) is 2.68. The summed E-state index contributed by atoms with van der Waals surface area (Å²) in [5, 5.41) is 2.85. The van der Waals surface area contributed by atoms with Gasteiger partial charge in [0.05, 0.1) is 17.7 Å². The van der Waals surface area contributed by atoms with Crippen LogP contribution in [-0.4, -0.2) is 48.8 Å². The maximum Gasteiger partial charge on any atom is 0.494 e. The third-order valence-electron chi connectivity index (χ3n) is 5.00. The van der Waals surface area contributed by atoms with E-state index in [4.69, 9.17) is 9.31 Å². The zero-order chi connectivity index (χ0) is 16.7. The van der Waals surface area contributed by atoms with Crippen molar-refractivity contribution in [2.24, 2.45) is 0 Å². The van der Waals surface area contributed by atoms with Gasteiger partial charge in [0.25, 0.3) is 0 Å². The van der Waals surface area contributed by atoms with Crippen molar-refractivity contribution in [3.05, 3.63) is 29.8 Å². The number of rotatable bonds is 3. The van der Waals surface area contributed by atoms with Crippen LogP contribution in [0.4, 0.5) is 0 Å². The van der Waals surface area contributed by atoms with Crippen molar-refractivity contribution in [1.29, 1.82) is 0 Å². The molecule has 1 aromatic rings. The molecular weight excluding hydrogens is 291 g/mol. The first-order valence-electron chi connectivity index (χ1n) is 8.20. The second-order valence-corrected chi connectivity index (χ2v) is 7.39. The Morgan fingerprint density at radius 1 is 1.22 bits per heavy atom. The van der Waals surface area contributed by atoms with Gasteiger partial charge in [0.1, 0.15) is 0 Å². The number of carbonyl (C=O) groups is 1. The van der Waals surface area contributed by atoms with E-state index < -0.39 is 0 Å². The monoisotopic (exact) mass is 316 g/mol. The fourth-order valence-corrected chi connectivity index (χ4v) is 2.90. The molecule has 0 unspecified atom stereocenters. The molecule has 1 amide bonds. The molecule has 3 rings (SSSR count). The van der Waals surface area contributed by atoms with Gasteiger partial charge in [-0.2, -0.15) is 0 Å². The fourth-order valence-electron chi connectivity index (χ4n) is 2.90. The Morgan fingerprint density at radius 3 is 2.57 bits per heavy atom. The Balaban J connectivity index is 1.72. The molecule has 1 N–H and O–H groups in total. The van der Waals surface area contributed by atoms with E-state index in [2.05, 4.69) is 50.0 Å². The van der Waals surface area contributed by atoms with Crippen molar-refractivity contribution in [2.75, 3.05) is 19.6 Å². The number of benzene rings is 1. The van der Waals surface area contributed by atoms with E-state index in [0.29, 0.717) is 6.54 Å². The number of hydrogen-bond donors (Lipinski definition) is 1. The summed E-state index contributed by atoms with van der Waals surface area (Å²) in [6.45, 7) is 11.1. The van der Waals surface area contributed by atoms with Gasteiger partial charge in [-0.1, -0.05) is 24.3 Å². The molecule has 2 aliphatic rings. The lowest BCUT2D eigenvalue weighted by atomic mass is 9.78. The molecule has 0 aliphatic carbocycles. The summed E-state index contributed by atoms with van der Waals surface area (Å²) in [6, 6.07) is 8.27. The van der Waals surface area contributed by atoms with E-state index >= 15 is 0 Å². The molecular formula is C17H25BN2O3. The van der Waals surface area contributed by atoms with Gasteiger partial charge < -0.3 is 14.6 Å². The third-order valence-corrected chi connectivity index (χ3v) is 5.00. The summed E-state index contributed by atoms with van der Waals surface area (Å²) < 4.78 is 12.2. The number of nitrogens with zero attached hydrogens (tertiary/aromatic N) is 1. The number of carbonyl (C=O) groups excluding carboxylic acids is 1. The van der Waals surface area contributed by atoms with E-state index in [0.717, 1.165) is 25.1 Å². The molecule has 2 saturated heterocycles. The Kier molecular flexibility index (Phi) is 4.25. The molecule has 23 heavy (non-hydrogen) atoms. The predicted octanol–water partition coefficient (Wildman–Crippen LogP) is 0.918. The van der Waals surface area contributed by atoms with Crippen molar-refractivity contribution in [1.82, 2.24) is 10.2 Å². The molecule has 2 fully saturated rings. The van der Waals surface area contributed by atoms with E-state index in [1.807, 2.05) is 12.1 Å². The maximum atomic E-state index is 11.5. The summed E-state index contributed by atoms with van der Waals surface area (Å²) >= 11 is 0. The fraction of sp³-hybridized carbons (Fsp3) is 0.588. The van der Waals surface area contributed by atoms with Crippen LogP contribution < -0.4 is 10.8 Å². The summed E-state index contributed by atoms with van der Waals surface area (Å²) in [5.41, 5.74) is 1.53. The minimum absolute atomic E-state index is 0.0957. The van der Waals surface area contributed by atoms with E-state index in [1.165, 1.54) is 5.56 Å². The average molecular weight is 316 g/mol. The van der Waals surface area contributed by atoms with Crippen LogP contribution in [0.2, 0.25) is 0 Å². The maximum absolute atomic E-state index is 11.5. The molecule has 0 radical (unpaired) electrons. The SMILES string of the molecule is CC1(C)OB(c2cccc(CN3CCNC(=O)C3)c2)OC1(C)C. The smallest absolute Gasteiger partial charge is 0.399 e. The molecule has 0 atom stereocenters. The zero-order valence-corrected chi connectivity index (χ0v) is 14.4. The number of amides is 1. The van der Waals surface area contributed by atoms with Gasteiger partial charge in [-0.25, -0.2) is 0 Å². The second-order valence-electron chi connectivity index (χ2n) is 7.39. The van der Waals surface area contributed by atoms with Crippen molar-refractivity contribution in [3.8, 4) is 0 Å². The molecule has 0 spiro atoms. The molecule has 0 aromatic heterocycles. The van der Waals surface area contributed by atoms with Gasteiger partial charge in [-0.15, -0.1) is 0 Å². The molecule has 0 saturated carbocycles. The van der Waals surface area contributed by atoms with E-state index in [-0.39, 0.29) is 24.2 Å². The van der Waals surface area contributed by atoms with E-state index in [9.17, 15) is 4.79 Å². The number of piperazine rings is 1. The predicted molar refractivity (Wildman–Crippen MR) is 90.4 cm³/mol. The van der Waals surface area contributed by atoms with Gasteiger partial charge in [0, 0.05) is 19.6 Å².